The number of ether oxygens (including phenoxy) is 1. The summed E-state index contributed by atoms with van der Waals surface area (Å²) in [5.41, 5.74) is 0.856. The molecule has 2 heterocycles. The molecule has 0 bridgehead atoms. The number of carbonyl (C=O) groups is 1. The van der Waals surface area contributed by atoms with Gasteiger partial charge in [0.05, 0.1) is 10.9 Å². The average molecular weight is 414 g/mol. The molecule has 1 saturated heterocycles. The summed E-state index contributed by atoms with van der Waals surface area (Å²) >= 11 is 5.79. The predicted molar refractivity (Wildman–Crippen MR) is 99.0 cm³/mol. The molecule has 3 rings (SSSR count). The molecule has 1 amide bonds. The molecule has 150 valence electrons. The van der Waals surface area contributed by atoms with Gasteiger partial charge in [0.15, 0.2) is 0 Å². The third-order valence-electron chi connectivity index (χ3n) is 4.42. The summed E-state index contributed by atoms with van der Waals surface area (Å²) in [6.45, 7) is 1.94. The first kappa shape index (κ1) is 20.4. The van der Waals surface area contributed by atoms with Gasteiger partial charge in [-0.1, -0.05) is 23.7 Å². The zero-order chi connectivity index (χ0) is 20.1. The van der Waals surface area contributed by atoms with Crippen LogP contribution in [0.15, 0.2) is 42.6 Å². The minimum absolute atomic E-state index is 0.103. The Kier molecular flexibility index (Phi) is 6.41. The van der Waals surface area contributed by atoms with Gasteiger partial charge in [-0.05, 0) is 49.2 Å². The number of piperidine rings is 1. The van der Waals surface area contributed by atoms with Crippen LogP contribution in [0, 0.1) is 5.92 Å². The van der Waals surface area contributed by atoms with Crippen LogP contribution in [0.4, 0.5) is 19.0 Å². The molecule has 1 atom stereocenters. The van der Waals surface area contributed by atoms with Crippen molar-refractivity contribution in [2.24, 2.45) is 5.92 Å². The van der Waals surface area contributed by atoms with Crippen molar-refractivity contribution in [1.29, 1.82) is 0 Å². The highest BCUT2D eigenvalue weighted by Gasteiger charge is 2.31. The minimum atomic E-state index is -4.70. The number of amides is 1. The Morgan fingerprint density at radius 1 is 1.25 bits per heavy atom. The van der Waals surface area contributed by atoms with Gasteiger partial charge in [0, 0.05) is 19.3 Å². The van der Waals surface area contributed by atoms with E-state index in [1.54, 1.807) is 24.3 Å². The third-order valence-corrected chi connectivity index (χ3v) is 4.64. The number of hydrogen-bond acceptors (Lipinski definition) is 4. The summed E-state index contributed by atoms with van der Waals surface area (Å²) in [5.74, 6) is -0.0816. The number of nitrogens with zero attached hydrogens (tertiary/aromatic N) is 2. The largest absolute Gasteiger partial charge is 0.573 e. The topological polar surface area (TPSA) is 54.5 Å². The van der Waals surface area contributed by atoms with Crippen LogP contribution in [0.25, 0.3) is 0 Å². The van der Waals surface area contributed by atoms with E-state index in [9.17, 15) is 18.0 Å². The van der Waals surface area contributed by atoms with Crippen molar-refractivity contribution in [2.75, 3.05) is 18.4 Å². The Hall–Kier alpha value is -2.32. The van der Waals surface area contributed by atoms with Gasteiger partial charge < -0.3 is 10.1 Å². The van der Waals surface area contributed by atoms with E-state index >= 15 is 0 Å². The number of likely N-dealkylation sites (tertiary alicyclic amines) is 1. The second-order valence-corrected chi connectivity index (χ2v) is 7.05. The van der Waals surface area contributed by atoms with Gasteiger partial charge >= 0.3 is 6.36 Å². The first-order valence-corrected chi connectivity index (χ1v) is 9.16. The van der Waals surface area contributed by atoms with Crippen LogP contribution >= 0.6 is 11.6 Å². The molecule has 0 aliphatic carbocycles. The van der Waals surface area contributed by atoms with E-state index in [4.69, 9.17) is 11.6 Å². The minimum Gasteiger partial charge on any atom is -0.406 e. The van der Waals surface area contributed by atoms with E-state index in [1.165, 1.54) is 18.3 Å². The zero-order valence-electron chi connectivity index (χ0n) is 14.9. The highest BCUT2D eigenvalue weighted by molar-refractivity contribution is 6.30. The van der Waals surface area contributed by atoms with Gasteiger partial charge in [-0.15, -0.1) is 13.2 Å². The van der Waals surface area contributed by atoms with Crippen LogP contribution in [0.3, 0.4) is 0 Å². The summed E-state index contributed by atoms with van der Waals surface area (Å²) in [5, 5.41) is 3.29. The summed E-state index contributed by atoms with van der Waals surface area (Å²) in [6, 6.07) is 9.09. The number of pyridine rings is 1. The lowest BCUT2D eigenvalue weighted by atomic mass is 9.96. The number of halogens is 4. The molecular formula is C19H19ClF3N3O2. The first-order chi connectivity index (χ1) is 13.3. The second kappa shape index (κ2) is 8.79. The normalized spacial score (nSPS) is 17.9. The van der Waals surface area contributed by atoms with Crippen LogP contribution in [-0.2, 0) is 11.3 Å². The van der Waals surface area contributed by atoms with E-state index in [1.807, 2.05) is 0 Å². The highest BCUT2D eigenvalue weighted by Crippen LogP contribution is 2.24. The molecule has 9 heteroatoms. The third kappa shape index (κ3) is 6.10. The molecule has 1 aromatic heterocycles. The Morgan fingerprint density at radius 3 is 2.64 bits per heavy atom. The molecule has 5 nitrogen and oxygen atoms in total. The SMILES string of the molecule is O=C(Nc1ccc(Cl)cn1)C1CCCN(Cc2ccc(OC(F)(F)F)cc2)C1. The monoisotopic (exact) mass is 413 g/mol. The number of alkyl halides is 3. The van der Waals surface area contributed by atoms with Crippen molar-refractivity contribution in [3.05, 3.63) is 53.2 Å². The van der Waals surface area contributed by atoms with E-state index in [0.717, 1.165) is 24.9 Å². The van der Waals surface area contributed by atoms with Gasteiger partial charge in [-0.3, -0.25) is 9.69 Å². The maximum atomic E-state index is 12.5. The van der Waals surface area contributed by atoms with Gasteiger partial charge in [-0.2, -0.15) is 0 Å². The van der Waals surface area contributed by atoms with Crippen molar-refractivity contribution in [3.8, 4) is 5.75 Å². The van der Waals surface area contributed by atoms with Gasteiger partial charge in [0.25, 0.3) is 0 Å². The van der Waals surface area contributed by atoms with Crippen molar-refractivity contribution in [1.82, 2.24) is 9.88 Å². The highest BCUT2D eigenvalue weighted by atomic mass is 35.5. The van der Waals surface area contributed by atoms with Gasteiger partial charge in [-0.25, -0.2) is 4.98 Å². The maximum Gasteiger partial charge on any atom is 0.573 e. The number of nitrogens with one attached hydrogen (secondary N) is 1. The first-order valence-electron chi connectivity index (χ1n) is 8.78. The average Bonchev–Trinajstić information content (AvgIpc) is 2.64. The van der Waals surface area contributed by atoms with E-state index in [-0.39, 0.29) is 17.6 Å². The molecule has 1 unspecified atom stereocenters. The van der Waals surface area contributed by atoms with Gasteiger partial charge in [0.1, 0.15) is 11.6 Å². The summed E-state index contributed by atoms with van der Waals surface area (Å²) in [6.07, 6.45) is -1.60. The van der Waals surface area contributed by atoms with Crippen LogP contribution in [0.5, 0.6) is 5.75 Å². The molecular weight excluding hydrogens is 395 g/mol. The standard InChI is InChI=1S/C19H19ClF3N3O2/c20-15-5-8-17(24-10-15)25-18(27)14-2-1-9-26(12-14)11-13-3-6-16(7-4-13)28-19(21,22)23/h3-8,10,14H,1-2,9,11-12H2,(H,24,25,27). The van der Waals surface area contributed by atoms with Crippen LogP contribution in [-0.4, -0.2) is 35.2 Å². The number of hydrogen-bond donors (Lipinski definition) is 1. The van der Waals surface area contributed by atoms with Crippen molar-refractivity contribution >= 4 is 23.3 Å². The van der Waals surface area contributed by atoms with Crippen molar-refractivity contribution in [3.63, 3.8) is 0 Å². The van der Waals surface area contributed by atoms with Crippen LogP contribution < -0.4 is 10.1 Å². The van der Waals surface area contributed by atoms with Crippen molar-refractivity contribution in [2.45, 2.75) is 25.7 Å². The van der Waals surface area contributed by atoms with E-state index < -0.39 is 6.36 Å². The quantitative estimate of drug-likeness (QED) is 0.785. The molecule has 1 aromatic carbocycles. The molecule has 1 aliphatic rings. The molecule has 0 radical (unpaired) electrons. The van der Waals surface area contributed by atoms with Gasteiger partial charge in [0.2, 0.25) is 5.91 Å². The Morgan fingerprint density at radius 2 is 2.00 bits per heavy atom. The Bertz CT molecular complexity index is 798. The summed E-state index contributed by atoms with van der Waals surface area (Å²) in [4.78, 5) is 18.7. The summed E-state index contributed by atoms with van der Waals surface area (Å²) < 4.78 is 40.6. The van der Waals surface area contributed by atoms with Crippen molar-refractivity contribution < 1.29 is 22.7 Å². The molecule has 1 N–H and O–H groups in total. The van der Waals surface area contributed by atoms with Crippen LogP contribution in [0.2, 0.25) is 5.02 Å². The van der Waals surface area contributed by atoms with E-state index in [0.29, 0.717) is 23.9 Å². The lowest BCUT2D eigenvalue weighted by molar-refractivity contribution is -0.274. The molecule has 1 fully saturated rings. The fourth-order valence-electron chi connectivity index (χ4n) is 3.15. The number of aromatic nitrogens is 1. The number of rotatable bonds is 5. The molecule has 1 aliphatic heterocycles. The smallest absolute Gasteiger partial charge is 0.406 e. The fourth-order valence-corrected chi connectivity index (χ4v) is 3.26. The molecule has 28 heavy (non-hydrogen) atoms. The number of benzene rings is 1. The van der Waals surface area contributed by atoms with E-state index in [2.05, 4.69) is 19.9 Å². The van der Waals surface area contributed by atoms with Crippen LogP contribution in [0.1, 0.15) is 18.4 Å². The fraction of sp³-hybridized carbons (Fsp3) is 0.368. The molecule has 2 aromatic rings. The number of anilines is 1. The second-order valence-electron chi connectivity index (χ2n) is 6.62. The molecule has 0 spiro atoms. The lowest BCUT2D eigenvalue weighted by Gasteiger charge is -2.32. The molecule has 0 saturated carbocycles. The number of carbonyl (C=O) groups excluding carboxylic acids is 1. The zero-order valence-corrected chi connectivity index (χ0v) is 15.6. The maximum absolute atomic E-state index is 12.5. The Balaban J connectivity index is 1.54. The summed E-state index contributed by atoms with van der Waals surface area (Å²) in [7, 11) is 0. The lowest BCUT2D eigenvalue weighted by Crippen LogP contribution is -2.40. The Labute approximate surface area is 165 Å². The predicted octanol–water partition coefficient (Wildman–Crippen LogP) is 4.48.